The number of nitrogens with one attached hydrogen (secondary N) is 1. The number of carbonyl (C=O) groups excluding carboxylic acids is 1. The highest BCUT2D eigenvalue weighted by atomic mass is 35.5. The Hall–Kier alpha value is -1.20. The maximum Gasteiger partial charge on any atom is 0.241 e. The number of anilines is 1. The molecule has 0 fully saturated rings. The summed E-state index contributed by atoms with van der Waals surface area (Å²) in [4.78, 5) is 11.4. The highest BCUT2D eigenvalue weighted by Gasteiger charge is 2.16. The fourth-order valence-corrected chi connectivity index (χ4v) is 1.30. The van der Waals surface area contributed by atoms with E-state index in [2.05, 4.69) is 5.32 Å². The summed E-state index contributed by atoms with van der Waals surface area (Å²) in [5.74, 6) is -2.29. The van der Waals surface area contributed by atoms with Gasteiger partial charge in [0, 0.05) is 6.07 Å². The summed E-state index contributed by atoms with van der Waals surface area (Å²) >= 11 is 5.59. The van der Waals surface area contributed by atoms with Crippen LogP contribution in [0.15, 0.2) is 12.1 Å². The Morgan fingerprint density at radius 2 is 2.19 bits per heavy atom. The van der Waals surface area contributed by atoms with Crippen LogP contribution in [0, 0.1) is 11.6 Å². The van der Waals surface area contributed by atoms with E-state index >= 15 is 0 Å². The van der Waals surface area contributed by atoms with Crippen molar-refractivity contribution in [1.82, 2.24) is 0 Å². The topological polar surface area (TPSA) is 55.1 Å². The molecule has 0 aromatic heterocycles. The van der Waals surface area contributed by atoms with Gasteiger partial charge < -0.3 is 11.1 Å². The Kier molecular flexibility index (Phi) is 4.20. The van der Waals surface area contributed by atoms with Crippen molar-refractivity contribution in [3.05, 3.63) is 28.8 Å². The van der Waals surface area contributed by atoms with Crippen LogP contribution in [0.25, 0.3) is 0 Å². The Balaban J connectivity index is 2.93. The van der Waals surface area contributed by atoms with Gasteiger partial charge in [-0.1, -0.05) is 18.5 Å². The number of hydrogen-bond donors (Lipinski definition) is 2. The Bertz CT molecular complexity index is 389. The smallest absolute Gasteiger partial charge is 0.241 e. The lowest BCUT2D eigenvalue weighted by Crippen LogP contribution is -2.35. The highest BCUT2D eigenvalue weighted by molar-refractivity contribution is 6.33. The van der Waals surface area contributed by atoms with Crippen LogP contribution >= 0.6 is 11.6 Å². The summed E-state index contributed by atoms with van der Waals surface area (Å²) in [6.45, 7) is 1.72. The zero-order valence-corrected chi connectivity index (χ0v) is 9.31. The second kappa shape index (κ2) is 5.23. The van der Waals surface area contributed by atoms with E-state index in [-0.39, 0.29) is 10.7 Å². The number of amides is 1. The van der Waals surface area contributed by atoms with Gasteiger partial charge in [0.25, 0.3) is 0 Å². The molecule has 1 rings (SSSR count). The molecular weight excluding hydrogens is 238 g/mol. The maximum absolute atomic E-state index is 13.3. The van der Waals surface area contributed by atoms with Gasteiger partial charge in [0.05, 0.1) is 16.8 Å². The third-order valence-electron chi connectivity index (χ3n) is 2.03. The van der Waals surface area contributed by atoms with Crippen LogP contribution in [-0.4, -0.2) is 11.9 Å². The van der Waals surface area contributed by atoms with Crippen LogP contribution in [-0.2, 0) is 4.79 Å². The normalized spacial score (nSPS) is 12.3. The van der Waals surface area contributed by atoms with Gasteiger partial charge >= 0.3 is 0 Å². The van der Waals surface area contributed by atoms with Gasteiger partial charge in [0.2, 0.25) is 5.91 Å². The monoisotopic (exact) mass is 248 g/mol. The lowest BCUT2D eigenvalue weighted by molar-refractivity contribution is -0.117. The van der Waals surface area contributed by atoms with Crippen LogP contribution in [0.3, 0.4) is 0 Å². The predicted octanol–water partition coefficient (Wildman–Crippen LogP) is 2.29. The first-order valence-electron chi connectivity index (χ1n) is 4.66. The molecule has 0 bridgehead atoms. The molecule has 1 aromatic carbocycles. The molecule has 16 heavy (non-hydrogen) atoms. The van der Waals surface area contributed by atoms with Gasteiger partial charge in [-0.15, -0.1) is 0 Å². The largest absolute Gasteiger partial charge is 0.321 e. The second-order valence-corrected chi connectivity index (χ2v) is 3.66. The summed E-state index contributed by atoms with van der Waals surface area (Å²) in [5.41, 5.74) is 5.19. The van der Waals surface area contributed by atoms with Gasteiger partial charge in [0.15, 0.2) is 5.82 Å². The van der Waals surface area contributed by atoms with Gasteiger partial charge in [-0.3, -0.25) is 4.79 Å². The van der Waals surface area contributed by atoms with E-state index in [0.29, 0.717) is 12.5 Å². The van der Waals surface area contributed by atoms with Crippen molar-refractivity contribution in [2.75, 3.05) is 5.32 Å². The molecule has 6 heteroatoms. The number of halogens is 3. The molecule has 1 amide bonds. The molecule has 1 atom stereocenters. The SMILES string of the molecule is CC[C@H](N)C(=O)Nc1c(F)cc(F)cc1Cl. The lowest BCUT2D eigenvalue weighted by Gasteiger charge is -2.12. The van der Waals surface area contributed by atoms with E-state index in [9.17, 15) is 13.6 Å². The number of nitrogens with two attached hydrogens (primary N) is 1. The highest BCUT2D eigenvalue weighted by Crippen LogP contribution is 2.26. The van der Waals surface area contributed by atoms with Crippen molar-refractivity contribution in [3.63, 3.8) is 0 Å². The zero-order valence-electron chi connectivity index (χ0n) is 8.56. The van der Waals surface area contributed by atoms with Crippen molar-refractivity contribution < 1.29 is 13.6 Å². The summed E-state index contributed by atoms with van der Waals surface area (Å²) < 4.78 is 26.0. The average Bonchev–Trinajstić information content (AvgIpc) is 2.21. The Labute approximate surface area is 96.6 Å². The zero-order chi connectivity index (χ0) is 12.3. The second-order valence-electron chi connectivity index (χ2n) is 3.25. The summed E-state index contributed by atoms with van der Waals surface area (Å²) in [5, 5.41) is 2.02. The van der Waals surface area contributed by atoms with E-state index in [1.165, 1.54) is 0 Å². The van der Waals surface area contributed by atoms with Gasteiger partial charge in [-0.2, -0.15) is 0 Å². The molecule has 0 unspecified atom stereocenters. The molecule has 0 saturated heterocycles. The summed E-state index contributed by atoms with van der Waals surface area (Å²) in [7, 11) is 0. The average molecular weight is 249 g/mol. The molecule has 0 radical (unpaired) electrons. The van der Waals surface area contributed by atoms with Crippen molar-refractivity contribution in [2.45, 2.75) is 19.4 Å². The van der Waals surface area contributed by atoms with Gasteiger partial charge in [-0.25, -0.2) is 8.78 Å². The molecule has 0 heterocycles. The van der Waals surface area contributed by atoms with Crippen LogP contribution in [0.4, 0.5) is 14.5 Å². The van der Waals surface area contributed by atoms with E-state index in [1.54, 1.807) is 6.92 Å². The van der Waals surface area contributed by atoms with E-state index in [1.807, 2.05) is 0 Å². The molecule has 0 spiro atoms. The number of hydrogen-bond acceptors (Lipinski definition) is 2. The molecule has 0 aliphatic heterocycles. The van der Waals surface area contributed by atoms with Crippen molar-refractivity contribution in [2.24, 2.45) is 5.73 Å². The van der Waals surface area contributed by atoms with Crippen LogP contribution in [0.5, 0.6) is 0 Å². The summed E-state index contributed by atoms with van der Waals surface area (Å²) in [6.07, 6.45) is 0.409. The molecule has 3 N–H and O–H groups in total. The minimum atomic E-state index is -0.929. The number of benzene rings is 1. The minimum Gasteiger partial charge on any atom is -0.321 e. The fourth-order valence-electron chi connectivity index (χ4n) is 1.06. The number of rotatable bonds is 3. The summed E-state index contributed by atoms with van der Waals surface area (Å²) in [6, 6.07) is 0.803. The first-order valence-corrected chi connectivity index (χ1v) is 5.04. The van der Waals surface area contributed by atoms with Crippen LogP contribution < -0.4 is 11.1 Å². The van der Waals surface area contributed by atoms with Crippen molar-refractivity contribution in [1.29, 1.82) is 0 Å². The molecule has 0 saturated carbocycles. The fraction of sp³-hybridized carbons (Fsp3) is 0.300. The Morgan fingerprint density at radius 1 is 1.56 bits per heavy atom. The maximum atomic E-state index is 13.3. The quantitative estimate of drug-likeness (QED) is 0.862. The molecule has 3 nitrogen and oxygen atoms in total. The molecule has 0 aliphatic carbocycles. The first kappa shape index (κ1) is 12.9. The van der Waals surface area contributed by atoms with Crippen LogP contribution in [0.2, 0.25) is 5.02 Å². The molecule has 1 aromatic rings. The van der Waals surface area contributed by atoms with E-state index in [4.69, 9.17) is 17.3 Å². The lowest BCUT2D eigenvalue weighted by atomic mass is 10.2. The van der Waals surface area contributed by atoms with Crippen molar-refractivity contribution >= 4 is 23.2 Å². The molecular formula is C10H11ClF2N2O. The minimum absolute atomic E-state index is 0.200. The Morgan fingerprint density at radius 3 is 2.69 bits per heavy atom. The van der Waals surface area contributed by atoms with E-state index in [0.717, 1.165) is 6.07 Å². The standard InChI is InChI=1S/C10H11ClF2N2O/c1-2-8(14)10(16)15-9-6(11)3-5(12)4-7(9)13/h3-4,8H,2,14H2,1H3,(H,15,16)/t8-/m0/s1. The molecule has 0 aliphatic rings. The van der Waals surface area contributed by atoms with Crippen molar-refractivity contribution in [3.8, 4) is 0 Å². The number of carbonyl (C=O) groups is 1. The predicted molar refractivity (Wildman–Crippen MR) is 58.3 cm³/mol. The van der Waals surface area contributed by atoms with Gasteiger partial charge in [-0.05, 0) is 12.5 Å². The third-order valence-corrected chi connectivity index (χ3v) is 2.33. The first-order chi connectivity index (χ1) is 7.45. The van der Waals surface area contributed by atoms with E-state index < -0.39 is 23.6 Å². The van der Waals surface area contributed by atoms with Crippen LogP contribution in [0.1, 0.15) is 13.3 Å². The molecule has 88 valence electrons. The third kappa shape index (κ3) is 2.90. The van der Waals surface area contributed by atoms with Gasteiger partial charge in [0.1, 0.15) is 5.82 Å².